The van der Waals surface area contributed by atoms with E-state index in [1.165, 1.54) is 0 Å². The average molecular weight is 213 g/mol. The summed E-state index contributed by atoms with van der Waals surface area (Å²) < 4.78 is 0. The highest BCUT2D eigenvalue weighted by atomic mass is 16.2. The lowest BCUT2D eigenvalue weighted by atomic mass is 10.1. The van der Waals surface area contributed by atoms with Crippen molar-refractivity contribution in [3.05, 3.63) is 12.2 Å². The molecule has 5 N–H and O–H groups in total. The minimum absolute atomic E-state index is 0.341. The van der Waals surface area contributed by atoms with Crippen molar-refractivity contribution in [3.63, 3.8) is 0 Å². The van der Waals surface area contributed by atoms with Gasteiger partial charge in [-0.1, -0.05) is 6.58 Å². The van der Waals surface area contributed by atoms with Crippen molar-refractivity contribution in [3.8, 4) is 0 Å². The van der Waals surface area contributed by atoms with Gasteiger partial charge in [-0.25, -0.2) is 0 Å². The van der Waals surface area contributed by atoms with Crippen molar-refractivity contribution < 1.29 is 9.59 Å². The van der Waals surface area contributed by atoms with Gasteiger partial charge in [0.15, 0.2) is 0 Å². The lowest BCUT2D eigenvalue weighted by Crippen LogP contribution is -2.44. The van der Waals surface area contributed by atoms with E-state index in [1.54, 1.807) is 6.92 Å². The molecule has 0 aliphatic heterocycles. The van der Waals surface area contributed by atoms with Crippen LogP contribution < -0.4 is 16.8 Å². The molecule has 0 aliphatic rings. The third-order valence-electron chi connectivity index (χ3n) is 1.98. The van der Waals surface area contributed by atoms with E-state index in [-0.39, 0.29) is 5.91 Å². The molecule has 5 nitrogen and oxygen atoms in total. The number of nitrogens with two attached hydrogens (primary N) is 2. The van der Waals surface area contributed by atoms with Crippen LogP contribution in [0.1, 0.15) is 26.2 Å². The summed E-state index contributed by atoms with van der Waals surface area (Å²) >= 11 is 0. The van der Waals surface area contributed by atoms with Crippen LogP contribution in [0, 0.1) is 0 Å². The Morgan fingerprint density at radius 3 is 2.40 bits per heavy atom. The number of hydrogen-bond donors (Lipinski definition) is 3. The second kappa shape index (κ2) is 7.00. The van der Waals surface area contributed by atoms with Crippen LogP contribution >= 0.6 is 0 Å². The fourth-order valence-corrected chi connectivity index (χ4v) is 1.06. The fourth-order valence-electron chi connectivity index (χ4n) is 1.06. The third-order valence-corrected chi connectivity index (χ3v) is 1.98. The zero-order valence-electron chi connectivity index (χ0n) is 9.08. The number of unbranched alkanes of at least 4 members (excludes halogenated alkanes) is 1. The second-order valence-electron chi connectivity index (χ2n) is 3.49. The minimum Gasteiger partial charge on any atom is -0.368 e. The number of carbonyl (C=O) groups excluding carboxylic acids is 2. The molecule has 2 amide bonds. The summed E-state index contributed by atoms with van der Waals surface area (Å²) in [4.78, 5) is 22.2. The second-order valence-corrected chi connectivity index (χ2v) is 3.49. The predicted molar refractivity (Wildman–Crippen MR) is 58.8 cm³/mol. The molecule has 0 saturated carbocycles. The molecule has 5 heteroatoms. The summed E-state index contributed by atoms with van der Waals surface area (Å²) in [7, 11) is 0. The van der Waals surface area contributed by atoms with Crippen LogP contribution in [0.25, 0.3) is 0 Å². The molecule has 0 heterocycles. The molecule has 0 aliphatic carbocycles. The Morgan fingerprint density at radius 1 is 1.40 bits per heavy atom. The Labute approximate surface area is 89.9 Å². The Morgan fingerprint density at radius 2 is 2.00 bits per heavy atom. The molecular formula is C10H19N3O2. The Hall–Kier alpha value is -1.36. The summed E-state index contributed by atoms with van der Waals surface area (Å²) in [5.74, 6) is -0.867. The maximum absolute atomic E-state index is 11.2. The van der Waals surface area contributed by atoms with Gasteiger partial charge in [0.05, 0.1) is 0 Å². The normalized spacial score (nSPS) is 11.9. The first-order valence-electron chi connectivity index (χ1n) is 4.94. The number of nitrogens with one attached hydrogen (secondary N) is 1. The van der Waals surface area contributed by atoms with E-state index in [2.05, 4.69) is 11.9 Å². The van der Waals surface area contributed by atoms with Gasteiger partial charge in [0.25, 0.3) is 0 Å². The van der Waals surface area contributed by atoms with E-state index in [1.807, 2.05) is 0 Å². The van der Waals surface area contributed by atoms with Gasteiger partial charge >= 0.3 is 0 Å². The van der Waals surface area contributed by atoms with Gasteiger partial charge in [-0.2, -0.15) is 0 Å². The summed E-state index contributed by atoms with van der Waals surface area (Å²) in [6.07, 6.45) is 2.10. The van der Waals surface area contributed by atoms with E-state index in [0.29, 0.717) is 18.5 Å². The largest absolute Gasteiger partial charge is 0.368 e. The number of hydrogen-bond acceptors (Lipinski definition) is 3. The first-order valence-corrected chi connectivity index (χ1v) is 4.94. The zero-order valence-corrected chi connectivity index (χ0v) is 9.08. The highest BCUT2D eigenvalue weighted by Gasteiger charge is 2.17. The standard InChI is InChI=1S/C10H19N3O2/c1-7(2)10(15)13-8(9(12)14)5-3-4-6-11/h8H,1,3-6,11H2,2H3,(H2,12,14)(H,13,15)/t8-/m0/s1. The highest BCUT2D eigenvalue weighted by Crippen LogP contribution is 2.01. The zero-order chi connectivity index (χ0) is 11.8. The molecule has 86 valence electrons. The molecule has 0 aromatic rings. The van der Waals surface area contributed by atoms with Gasteiger partial charge in [-0.05, 0) is 32.7 Å². The van der Waals surface area contributed by atoms with Crippen molar-refractivity contribution in [2.45, 2.75) is 32.2 Å². The van der Waals surface area contributed by atoms with Crippen LogP contribution in [0.5, 0.6) is 0 Å². The number of amides is 2. The monoisotopic (exact) mass is 213 g/mol. The van der Waals surface area contributed by atoms with Crippen LogP contribution in [0.2, 0.25) is 0 Å². The molecule has 0 fully saturated rings. The average Bonchev–Trinajstić information content (AvgIpc) is 2.15. The van der Waals surface area contributed by atoms with E-state index in [4.69, 9.17) is 11.5 Å². The molecule has 0 aromatic heterocycles. The van der Waals surface area contributed by atoms with Crippen LogP contribution in [0.4, 0.5) is 0 Å². The van der Waals surface area contributed by atoms with Crippen molar-refractivity contribution in [1.82, 2.24) is 5.32 Å². The lowest BCUT2D eigenvalue weighted by Gasteiger charge is -2.14. The SMILES string of the molecule is C=C(C)C(=O)N[C@@H](CCCCN)C(N)=O. The summed E-state index contributed by atoms with van der Waals surface area (Å²) in [6, 6.07) is -0.624. The van der Waals surface area contributed by atoms with Crippen LogP contribution in [0.3, 0.4) is 0 Å². The van der Waals surface area contributed by atoms with E-state index in [0.717, 1.165) is 12.8 Å². The van der Waals surface area contributed by atoms with Crippen LogP contribution in [-0.2, 0) is 9.59 Å². The first-order chi connectivity index (χ1) is 6.99. The van der Waals surface area contributed by atoms with Gasteiger partial charge in [-0.15, -0.1) is 0 Å². The minimum atomic E-state index is -0.624. The van der Waals surface area contributed by atoms with Crippen molar-refractivity contribution in [2.75, 3.05) is 6.54 Å². The van der Waals surface area contributed by atoms with Crippen molar-refractivity contribution >= 4 is 11.8 Å². The maximum atomic E-state index is 11.2. The summed E-state index contributed by atoms with van der Waals surface area (Å²) in [5, 5.41) is 2.52. The third kappa shape index (κ3) is 5.85. The summed E-state index contributed by atoms with van der Waals surface area (Å²) in [5.41, 5.74) is 10.8. The topological polar surface area (TPSA) is 98.2 Å². The lowest BCUT2D eigenvalue weighted by molar-refractivity contribution is -0.125. The van der Waals surface area contributed by atoms with Crippen molar-refractivity contribution in [2.24, 2.45) is 11.5 Å². The molecule has 0 aromatic carbocycles. The van der Waals surface area contributed by atoms with Crippen LogP contribution in [0.15, 0.2) is 12.2 Å². The molecule has 0 unspecified atom stereocenters. The number of primary amides is 1. The van der Waals surface area contributed by atoms with Gasteiger partial charge in [-0.3, -0.25) is 9.59 Å². The molecule has 0 radical (unpaired) electrons. The van der Waals surface area contributed by atoms with E-state index >= 15 is 0 Å². The first kappa shape index (κ1) is 13.6. The van der Waals surface area contributed by atoms with Gasteiger partial charge in [0.1, 0.15) is 6.04 Å². The predicted octanol–water partition coefficient (Wildman–Crippen LogP) is -0.338. The molecule has 0 rings (SSSR count). The Kier molecular flexibility index (Phi) is 6.37. The number of rotatable bonds is 7. The van der Waals surface area contributed by atoms with Gasteiger partial charge in [0.2, 0.25) is 11.8 Å². The molecule has 0 spiro atoms. The number of carbonyl (C=O) groups is 2. The molecule has 15 heavy (non-hydrogen) atoms. The van der Waals surface area contributed by atoms with E-state index in [9.17, 15) is 9.59 Å². The van der Waals surface area contributed by atoms with E-state index < -0.39 is 11.9 Å². The quantitative estimate of drug-likeness (QED) is 0.398. The highest BCUT2D eigenvalue weighted by molar-refractivity contribution is 5.95. The molecular weight excluding hydrogens is 194 g/mol. The Balaban J connectivity index is 4.10. The maximum Gasteiger partial charge on any atom is 0.246 e. The molecule has 1 atom stereocenters. The van der Waals surface area contributed by atoms with Gasteiger partial charge < -0.3 is 16.8 Å². The summed E-state index contributed by atoms with van der Waals surface area (Å²) in [6.45, 7) is 5.63. The van der Waals surface area contributed by atoms with Crippen LogP contribution in [-0.4, -0.2) is 24.4 Å². The van der Waals surface area contributed by atoms with Gasteiger partial charge in [0, 0.05) is 5.57 Å². The Bertz CT molecular complexity index is 251. The van der Waals surface area contributed by atoms with Crippen molar-refractivity contribution in [1.29, 1.82) is 0 Å². The fraction of sp³-hybridized carbons (Fsp3) is 0.600. The molecule has 0 bridgehead atoms. The molecule has 0 saturated heterocycles. The smallest absolute Gasteiger partial charge is 0.246 e.